The van der Waals surface area contributed by atoms with E-state index in [4.69, 9.17) is 0 Å². The smallest absolute Gasteiger partial charge is 0.259 e. The van der Waals surface area contributed by atoms with Crippen molar-refractivity contribution >= 4 is 11.8 Å². The van der Waals surface area contributed by atoms with Crippen molar-refractivity contribution in [2.24, 2.45) is 0 Å². The largest absolute Gasteiger partial charge is 0.507 e. The summed E-state index contributed by atoms with van der Waals surface area (Å²) in [5.74, 6) is -1.15. The van der Waals surface area contributed by atoms with Gasteiger partial charge in [-0.05, 0) is 19.1 Å². The summed E-state index contributed by atoms with van der Waals surface area (Å²) >= 11 is 0. The van der Waals surface area contributed by atoms with E-state index in [2.05, 4.69) is 5.32 Å². The monoisotopic (exact) mass is 264 g/mol. The van der Waals surface area contributed by atoms with Crippen LogP contribution in [0.3, 0.4) is 0 Å². The van der Waals surface area contributed by atoms with Crippen LogP contribution in [0.4, 0.5) is 0 Å². The van der Waals surface area contributed by atoms with Crippen LogP contribution in [0.2, 0.25) is 0 Å². The molecule has 2 rings (SSSR count). The summed E-state index contributed by atoms with van der Waals surface area (Å²) in [7, 11) is 0. The molecule has 0 spiro atoms. The molecule has 1 aliphatic rings. The molecule has 0 saturated carbocycles. The van der Waals surface area contributed by atoms with Gasteiger partial charge in [0.1, 0.15) is 17.1 Å². The molecule has 0 radical (unpaired) electrons. The van der Waals surface area contributed by atoms with Gasteiger partial charge in [-0.15, -0.1) is 0 Å². The van der Waals surface area contributed by atoms with Crippen LogP contribution in [0, 0.1) is 0 Å². The maximum absolute atomic E-state index is 12.0. The van der Waals surface area contributed by atoms with Crippen molar-refractivity contribution in [3.05, 3.63) is 23.8 Å². The number of likely N-dealkylation sites (tertiary alicyclic amines) is 1. The first kappa shape index (κ1) is 13.2. The molecular formula is C13H16N2O4. The van der Waals surface area contributed by atoms with Gasteiger partial charge >= 0.3 is 0 Å². The summed E-state index contributed by atoms with van der Waals surface area (Å²) < 4.78 is 0. The van der Waals surface area contributed by atoms with Crippen molar-refractivity contribution in [2.75, 3.05) is 13.1 Å². The predicted molar refractivity (Wildman–Crippen MR) is 67.9 cm³/mol. The zero-order valence-electron chi connectivity index (χ0n) is 10.6. The Morgan fingerprint density at radius 3 is 2.58 bits per heavy atom. The van der Waals surface area contributed by atoms with E-state index < -0.39 is 5.91 Å². The fraction of sp³-hybridized carbons (Fsp3) is 0.385. The second-order valence-corrected chi connectivity index (χ2v) is 4.48. The van der Waals surface area contributed by atoms with Gasteiger partial charge in [0.25, 0.3) is 5.91 Å². The molecule has 1 heterocycles. The molecule has 1 fully saturated rings. The Kier molecular flexibility index (Phi) is 3.59. The average molecular weight is 264 g/mol. The Balaban J connectivity index is 2.08. The van der Waals surface area contributed by atoms with Gasteiger partial charge in [0, 0.05) is 19.5 Å². The summed E-state index contributed by atoms with van der Waals surface area (Å²) in [6, 6.07) is 3.80. The highest BCUT2D eigenvalue weighted by Gasteiger charge is 2.30. The lowest BCUT2D eigenvalue weighted by Gasteiger charge is -2.15. The highest BCUT2D eigenvalue weighted by Crippen LogP contribution is 2.26. The molecule has 102 valence electrons. The summed E-state index contributed by atoms with van der Waals surface area (Å²) in [5, 5.41) is 21.8. The predicted octanol–water partition coefficient (Wildman–Crippen LogP) is 0.448. The van der Waals surface area contributed by atoms with Gasteiger partial charge in [0.15, 0.2) is 0 Å². The van der Waals surface area contributed by atoms with Gasteiger partial charge in [0.2, 0.25) is 5.91 Å². The van der Waals surface area contributed by atoms with Crippen molar-refractivity contribution in [1.29, 1.82) is 0 Å². The molecule has 0 aromatic heterocycles. The number of amides is 2. The van der Waals surface area contributed by atoms with Crippen LogP contribution in [-0.2, 0) is 4.79 Å². The third-order valence-corrected chi connectivity index (χ3v) is 3.18. The van der Waals surface area contributed by atoms with E-state index in [0.29, 0.717) is 13.1 Å². The molecule has 1 atom stereocenters. The van der Waals surface area contributed by atoms with Gasteiger partial charge in [-0.1, -0.05) is 6.07 Å². The van der Waals surface area contributed by atoms with Crippen LogP contribution in [0.15, 0.2) is 18.2 Å². The number of likely N-dealkylation sites (N-methyl/N-ethyl adjacent to an activating group) is 1. The third kappa shape index (κ3) is 2.62. The number of phenols is 2. The SMILES string of the molecule is CCN1C[C@H](NC(=O)c2c(O)cccc2O)CC1=O. The first-order valence-corrected chi connectivity index (χ1v) is 6.12. The van der Waals surface area contributed by atoms with Gasteiger partial charge in [-0.3, -0.25) is 9.59 Å². The minimum absolute atomic E-state index is 0.00527. The van der Waals surface area contributed by atoms with Crippen molar-refractivity contribution in [3.8, 4) is 11.5 Å². The molecule has 0 bridgehead atoms. The number of nitrogens with zero attached hydrogens (tertiary/aromatic N) is 1. The number of hydrogen-bond donors (Lipinski definition) is 3. The third-order valence-electron chi connectivity index (χ3n) is 3.18. The number of benzene rings is 1. The molecule has 6 heteroatoms. The number of nitrogens with one attached hydrogen (secondary N) is 1. The Morgan fingerprint density at radius 2 is 2.05 bits per heavy atom. The van der Waals surface area contributed by atoms with Gasteiger partial charge in [-0.25, -0.2) is 0 Å². The van der Waals surface area contributed by atoms with Crippen molar-refractivity contribution in [2.45, 2.75) is 19.4 Å². The van der Waals surface area contributed by atoms with Crippen LogP contribution >= 0.6 is 0 Å². The Bertz CT molecular complexity index is 495. The van der Waals surface area contributed by atoms with Crippen LogP contribution in [0.25, 0.3) is 0 Å². The molecule has 1 aliphatic heterocycles. The summed E-state index contributed by atoms with van der Waals surface area (Å²) in [4.78, 5) is 25.2. The minimum atomic E-state index is -0.577. The van der Waals surface area contributed by atoms with Gasteiger partial charge < -0.3 is 20.4 Å². The molecule has 1 aromatic rings. The lowest BCUT2D eigenvalue weighted by Crippen LogP contribution is -2.37. The van der Waals surface area contributed by atoms with Crippen molar-refractivity contribution in [3.63, 3.8) is 0 Å². The van der Waals surface area contributed by atoms with Gasteiger partial charge in [-0.2, -0.15) is 0 Å². The number of rotatable bonds is 3. The first-order valence-electron chi connectivity index (χ1n) is 6.12. The second kappa shape index (κ2) is 5.17. The molecule has 1 saturated heterocycles. The van der Waals surface area contributed by atoms with Gasteiger partial charge in [0.05, 0.1) is 6.04 Å². The van der Waals surface area contributed by atoms with E-state index in [0.717, 1.165) is 0 Å². The normalized spacial score (nSPS) is 18.7. The van der Waals surface area contributed by atoms with Crippen molar-refractivity contribution < 1.29 is 19.8 Å². The van der Waals surface area contributed by atoms with Crippen molar-refractivity contribution in [1.82, 2.24) is 10.2 Å². The van der Waals surface area contributed by atoms with E-state index in [1.54, 1.807) is 4.90 Å². The fourth-order valence-corrected chi connectivity index (χ4v) is 2.19. The lowest BCUT2D eigenvalue weighted by atomic mass is 10.1. The van der Waals surface area contributed by atoms with Crippen LogP contribution < -0.4 is 5.32 Å². The first-order chi connectivity index (χ1) is 9.02. The maximum Gasteiger partial charge on any atom is 0.259 e. The number of hydrogen-bond acceptors (Lipinski definition) is 4. The summed E-state index contributed by atoms with van der Waals surface area (Å²) in [6.45, 7) is 2.93. The zero-order valence-corrected chi connectivity index (χ0v) is 10.6. The Morgan fingerprint density at radius 1 is 1.42 bits per heavy atom. The minimum Gasteiger partial charge on any atom is -0.507 e. The molecule has 1 aromatic carbocycles. The molecule has 0 unspecified atom stereocenters. The Hall–Kier alpha value is -2.24. The van der Waals surface area contributed by atoms with E-state index in [-0.39, 0.29) is 35.4 Å². The van der Waals surface area contributed by atoms with Crippen LogP contribution in [0.1, 0.15) is 23.7 Å². The lowest BCUT2D eigenvalue weighted by molar-refractivity contribution is -0.127. The van der Waals surface area contributed by atoms with E-state index in [9.17, 15) is 19.8 Å². The van der Waals surface area contributed by atoms with Crippen LogP contribution in [-0.4, -0.2) is 46.1 Å². The maximum atomic E-state index is 12.0. The van der Waals surface area contributed by atoms with E-state index in [1.165, 1.54) is 18.2 Å². The standard InChI is InChI=1S/C13H16N2O4/c1-2-15-7-8(6-11(15)18)14-13(19)12-9(16)4-3-5-10(12)17/h3-5,8,16-17H,2,6-7H2,1H3,(H,14,19)/t8-/m1/s1. The van der Waals surface area contributed by atoms with E-state index >= 15 is 0 Å². The molecule has 2 amide bonds. The molecule has 6 nitrogen and oxygen atoms in total. The number of phenolic OH excluding ortho intramolecular Hbond substituents is 2. The highest BCUT2D eigenvalue weighted by molar-refractivity contribution is 6.00. The summed E-state index contributed by atoms with van der Waals surface area (Å²) in [6.07, 6.45) is 0.244. The number of carbonyl (C=O) groups excluding carboxylic acids is 2. The molecule has 0 aliphatic carbocycles. The van der Waals surface area contributed by atoms with Crippen LogP contribution in [0.5, 0.6) is 11.5 Å². The van der Waals surface area contributed by atoms with E-state index in [1.807, 2.05) is 6.92 Å². The topological polar surface area (TPSA) is 89.9 Å². The quantitative estimate of drug-likeness (QED) is 0.739. The Labute approximate surface area is 110 Å². The fourth-order valence-electron chi connectivity index (χ4n) is 2.19. The summed E-state index contributed by atoms with van der Waals surface area (Å²) in [5.41, 5.74) is -0.162. The highest BCUT2D eigenvalue weighted by atomic mass is 16.3. The molecular weight excluding hydrogens is 248 g/mol. The molecule has 3 N–H and O–H groups in total. The number of carbonyl (C=O) groups is 2. The average Bonchev–Trinajstić information content (AvgIpc) is 2.69. The molecule has 19 heavy (non-hydrogen) atoms. The number of aromatic hydroxyl groups is 2. The second-order valence-electron chi connectivity index (χ2n) is 4.48. The zero-order chi connectivity index (χ0) is 14.0.